The number of aromatic amines is 1. The number of carbonyl (C=O) groups is 1. The second-order valence-corrected chi connectivity index (χ2v) is 7.54. The van der Waals surface area contributed by atoms with Crippen LogP contribution >= 0.6 is 0 Å². The quantitative estimate of drug-likeness (QED) is 0.754. The molecule has 2 bridgehead atoms. The summed E-state index contributed by atoms with van der Waals surface area (Å²) in [7, 11) is 0. The van der Waals surface area contributed by atoms with Gasteiger partial charge in [-0.1, -0.05) is 36.4 Å². The first kappa shape index (κ1) is 17.0. The highest BCUT2D eigenvalue weighted by Crippen LogP contribution is 2.56. The molecule has 26 heavy (non-hydrogen) atoms. The van der Waals surface area contributed by atoms with Crippen molar-refractivity contribution in [3.05, 3.63) is 60.2 Å². The molecule has 2 fully saturated rings. The number of hydrogen-bond acceptors (Lipinski definition) is 3. The van der Waals surface area contributed by atoms with Gasteiger partial charge in [-0.15, -0.1) is 6.58 Å². The third-order valence-electron chi connectivity index (χ3n) is 5.98. The first-order chi connectivity index (χ1) is 12.8. The van der Waals surface area contributed by atoms with E-state index in [4.69, 9.17) is 4.98 Å². The van der Waals surface area contributed by atoms with E-state index in [1.54, 1.807) is 6.08 Å². The van der Waals surface area contributed by atoms with Gasteiger partial charge < -0.3 is 5.32 Å². The van der Waals surface area contributed by atoms with Gasteiger partial charge in [-0.2, -0.15) is 5.10 Å². The maximum Gasteiger partial charge on any atom is 0.224 e. The summed E-state index contributed by atoms with van der Waals surface area (Å²) in [4.78, 5) is 17.4. The molecule has 0 saturated heterocycles. The summed E-state index contributed by atoms with van der Waals surface area (Å²) < 4.78 is 0. The lowest BCUT2D eigenvalue weighted by molar-refractivity contribution is -0.127. The van der Waals surface area contributed by atoms with Crippen LogP contribution in [0.4, 0.5) is 0 Å². The van der Waals surface area contributed by atoms with Crippen LogP contribution in [-0.2, 0) is 17.6 Å². The summed E-state index contributed by atoms with van der Waals surface area (Å²) in [6, 6.07) is 10.4. The maximum absolute atomic E-state index is 12.7. The lowest BCUT2D eigenvalue weighted by Crippen LogP contribution is -2.37. The Balaban J connectivity index is 1.46. The predicted molar refractivity (Wildman–Crippen MR) is 101 cm³/mol. The van der Waals surface area contributed by atoms with E-state index >= 15 is 0 Å². The van der Waals surface area contributed by atoms with Gasteiger partial charge in [0, 0.05) is 18.9 Å². The van der Waals surface area contributed by atoms with Crippen molar-refractivity contribution < 1.29 is 4.79 Å². The Morgan fingerprint density at radius 3 is 2.85 bits per heavy atom. The highest BCUT2D eigenvalue weighted by molar-refractivity contribution is 5.80. The molecule has 2 aliphatic rings. The zero-order chi connectivity index (χ0) is 17.9. The van der Waals surface area contributed by atoms with E-state index in [1.165, 1.54) is 12.0 Å². The molecule has 2 aromatic rings. The molecule has 0 radical (unpaired) electrons. The molecule has 4 rings (SSSR count). The molecule has 4 atom stereocenters. The smallest absolute Gasteiger partial charge is 0.224 e. The summed E-state index contributed by atoms with van der Waals surface area (Å²) in [6.07, 6.45) is 6.98. The molecule has 136 valence electrons. The van der Waals surface area contributed by atoms with Gasteiger partial charge in [0.15, 0.2) is 5.82 Å². The SMILES string of the molecule is C=CCNC(=O)[C@H]1C2CCC(C2)[C@H]1c1n[nH]c(CCc2ccccc2)n1. The van der Waals surface area contributed by atoms with Gasteiger partial charge in [-0.05, 0) is 43.1 Å². The van der Waals surface area contributed by atoms with Crippen molar-refractivity contribution >= 4 is 5.91 Å². The Labute approximate surface area is 154 Å². The van der Waals surface area contributed by atoms with E-state index in [9.17, 15) is 4.79 Å². The van der Waals surface area contributed by atoms with E-state index in [2.05, 4.69) is 46.4 Å². The van der Waals surface area contributed by atoms with Crippen molar-refractivity contribution in [3.63, 3.8) is 0 Å². The fourth-order valence-corrected chi connectivity index (χ4v) is 4.81. The minimum absolute atomic E-state index is 0.00599. The molecule has 2 aliphatic carbocycles. The summed E-state index contributed by atoms with van der Waals surface area (Å²) in [5.74, 6) is 3.05. The third kappa shape index (κ3) is 3.30. The van der Waals surface area contributed by atoms with E-state index in [1.807, 2.05) is 6.07 Å². The van der Waals surface area contributed by atoms with Crippen molar-refractivity contribution in [1.29, 1.82) is 0 Å². The van der Waals surface area contributed by atoms with Crippen LogP contribution in [0.2, 0.25) is 0 Å². The maximum atomic E-state index is 12.7. The average molecular weight is 350 g/mol. The molecular formula is C21H26N4O. The molecule has 0 spiro atoms. The number of nitrogens with zero attached hydrogens (tertiary/aromatic N) is 2. The summed E-state index contributed by atoms with van der Waals surface area (Å²) in [5.41, 5.74) is 1.30. The van der Waals surface area contributed by atoms with Crippen LogP contribution in [-0.4, -0.2) is 27.6 Å². The van der Waals surface area contributed by atoms with Gasteiger partial charge in [0.25, 0.3) is 0 Å². The van der Waals surface area contributed by atoms with Crippen molar-refractivity contribution in [2.45, 2.75) is 38.0 Å². The Bertz CT molecular complexity index is 769. The molecule has 5 heteroatoms. The molecule has 1 heterocycles. The van der Waals surface area contributed by atoms with Crippen LogP contribution in [0.15, 0.2) is 43.0 Å². The number of hydrogen-bond donors (Lipinski definition) is 2. The largest absolute Gasteiger partial charge is 0.352 e. The normalized spacial score (nSPS) is 26.8. The molecule has 2 unspecified atom stereocenters. The molecule has 1 aromatic carbocycles. The van der Waals surface area contributed by atoms with Crippen LogP contribution < -0.4 is 5.32 Å². The standard InChI is InChI=1S/C21H26N4O/c1-2-12-22-21(26)19-16-10-9-15(13-16)18(19)20-23-17(24-25-20)11-8-14-6-4-3-5-7-14/h2-7,15-16,18-19H,1,8-13H2,(H,22,26)(H,23,24,25)/t15?,16?,18-,19+/m1/s1. The van der Waals surface area contributed by atoms with Crippen LogP contribution in [0.25, 0.3) is 0 Å². The number of benzene rings is 1. The molecule has 1 aromatic heterocycles. The Hall–Kier alpha value is -2.43. The second kappa shape index (κ2) is 7.44. The van der Waals surface area contributed by atoms with Crippen molar-refractivity contribution in [2.24, 2.45) is 17.8 Å². The van der Waals surface area contributed by atoms with Crippen LogP contribution in [0.5, 0.6) is 0 Å². The molecule has 1 amide bonds. The fraction of sp³-hybridized carbons (Fsp3) is 0.476. The Morgan fingerprint density at radius 2 is 2.04 bits per heavy atom. The van der Waals surface area contributed by atoms with Gasteiger partial charge in [0.2, 0.25) is 5.91 Å². The number of amides is 1. The molecule has 5 nitrogen and oxygen atoms in total. The number of carbonyl (C=O) groups excluding carboxylic acids is 1. The van der Waals surface area contributed by atoms with Crippen LogP contribution in [0, 0.1) is 17.8 Å². The van der Waals surface area contributed by atoms with Crippen LogP contribution in [0.1, 0.15) is 42.4 Å². The summed E-state index contributed by atoms with van der Waals surface area (Å²) in [6.45, 7) is 4.21. The average Bonchev–Trinajstić information content (AvgIpc) is 3.40. The molecule has 0 aliphatic heterocycles. The minimum atomic E-state index is 0.00599. The second-order valence-electron chi connectivity index (χ2n) is 7.54. The molecule has 2 N–H and O–H groups in total. The van der Waals surface area contributed by atoms with Gasteiger partial charge >= 0.3 is 0 Å². The number of nitrogens with one attached hydrogen (secondary N) is 2. The highest BCUT2D eigenvalue weighted by atomic mass is 16.1. The first-order valence-electron chi connectivity index (χ1n) is 9.60. The van der Waals surface area contributed by atoms with Crippen molar-refractivity contribution in [3.8, 4) is 0 Å². The van der Waals surface area contributed by atoms with Gasteiger partial charge in [0.1, 0.15) is 5.82 Å². The Kier molecular flexibility index (Phi) is 4.87. The number of aryl methyl sites for hydroxylation is 2. The summed E-state index contributed by atoms with van der Waals surface area (Å²) >= 11 is 0. The van der Waals surface area contributed by atoms with E-state index < -0.39 is 0 Å². The lowest BCUT2D eigenvalue weighted by Gasteiger charge is -2.28. The van der Waals surface area contributed by atoms with E-state index in [0.29, 0.717) is 18.4 Å². The Morgan fingerprint density at radius 1 is 1.23 bits per heavy atom. The van der Waals surface area contributed by atoms with Crippen molar-refractivity contribution in [2.75, 3.05) is 6.54 Å². The fourth-order valence-electron chi connectivity index (χ4n) is 4.81. The van der Waals surface area contributed by atoms with Gasteiger partial charge in [0.05, 0.1) is 5.92 Å². The first-order valence-corrected chi connectivity index (χ1v) is 9.60. The third-order valence-corrected chi connectivity index (χ3v) is 5.98. The zero-order valence-electron chi connectivity index (χ0n) is 15.0. The number of rotatable bonds is 7. The van der Waals surface area contributed by atoms with Crippen LogP contribution in [0.3, 0.4) is 0 Å². The molecule has 2 saturated carbocycles. The molecular weight excluding hydrogens is 324 g/mol. The number of H-pyrrole nitrogens is 1. The minimum Gasteiger partial charge on any atom is -0.352 e. The number of fused-ring (bicyclic) bond motifs is 2. The number of aromatic nitrogens is 3. The topological polar surface area (TPSA) is 70.7 Å². The monoisotopic (exact) mass is 350 g/mol. The van der Waals surface area contributed by atoms with Gasteiger partial charge in [-0.25, -0.2) is 4.98 Å². The lowest BCUT2D eigenvalue weighted by atomic mass is 9.78. The van der Waals surface area contributed by atoms with Crippen molar-refractivity contribution in [1.82, 2.24) is 20.5 Å². The van der Waals surface area contributed by atoms with E-state index in [0.717, 1.165) is 37.3 Å². The van der Waals surface area contributed by atoms with E-state index in [-0.39, 0.29) is 17.7 Å². The summed E-state index contributed by atoms with van der Waals surface area (Å²) in [5, 5.41) is 10.6. The predicted octanol–water partition coefficient (Wildman–Crippen LogP) is 3.02. The highest BCUT2D eigenvalue weighted by Gasteiger charge is 2.52. The zero-order valence-corrected chi connectivity index (χ0v) is 15.0. The van der Waals surface area contributed by atoms with Gasteiger partial charge in [-0.3, -0.25) is 9.89 Å².